The van der Waals surface area contributed by atoms with Crippen LogP contribution in [0.25, 0.3) is 0 Å². The highest BCUT2D eigenvalue weighted by Crippen LogP contribution is 2.26. The maximum absolute atomic E-state index is 12.0. The van der Waals surface area contributed by atoms with Gasteiger partial charge in [0.1, 0.15) is 11.4 Å². The van der Waals surface area contributed by atoms with Gasteiger partial charge < -0.3 is 4.74 Å². The SMILES string of the molecule is O=C(c1ccc(OC2CC2)cc1)c1cscn1. The molecule has 0 N–H and O–H groups in total. The number of benzene rings is 1. The van der Waals surface area contributed by atoms with Gasteiger partial charge in [-0.2, -0.15) is 0 Å². The molecule has 0 spiro atoms. The number of rotatable bonds is 4. The highest BCUT2D eigenvalue weighted by atomic mass is 32.1. The maximum Gasteiger partial charge on any atom is 0.212 e. The van der Waals surface area contributed by atoms with Crippen LogP contribution in [0.5, 0.6) is 5.75 Å². The number of hydrogen-bond acceptors (Lipinski definition) is 4. The van der Waals surface area contributed by atoms with E-state index in [1.54, 1.807) is 23.0 Å². The highest BCUT2D eigenvalue weighted by molar-refractivity contribution is 7.07. The molecule has 1 aromatic carbocycles. The number of carbonyl (C=O) groups excluding carboxylic acids is 1. The largest absolute Gasteiger partial charge is 0.490 e. The van der Waals surface area contributed by atoms with Crippen molar-refractivity contribution in [2.75, 3.05) is 0 Å². The lowest BCUT2D eigenvalue weighted by Gasteiger charge is -2.04. The number of aromatic nitrogens is 1. The predicted molar refractivity (Wildman–Crippen MR) is 65.6 cm³/mol. The van der Waals surface area contributed by atoms with Crippen LogP contribution >= 0.6 is 11.3 Å². The molecule has 1 heterocycles. The van der Waals surface area contributed by atoms with Crippen molar-refractivity contribution < 1.29 is 9.53 Å². The molecule has 1 aromatic heterocycles. The first kappa shape index (κ1) is 10.5. The summed E-state index contributed by atoms with van der Waals surface area (Å²) in [5.74, 6) is 0.798. The molecule has 0 aliphatic heterocycles. The lowest BCUT2D eigenvalue weighted by Crippen LogP contribution is -2.02. The van der Waals surface area contributed by atoms with E-state index in [9.17, 15) is 4.79 Å². The Labute approximate surface area is 103 Å². The van der Waals surface area contributed by atoms with Gasteiger partial charge in [0.05, 0.1) is 11.6 Å². The van der Waals surface area contributed by atoms with Crippen molar-refractivity contribution in [3.63, 3.8) is 0 Å². The summed E-state index contributed by atoms with van der Waals surface area (Å²) < 4.78 is 5.63. The van der Waals surface area contributed by atoms with Crippen LogP contribution in [0.2, 0.25) is 0 Å². The van der Waals surface area contributed by atoms with E-state index in [1.807, 2.05) is 12.1 Å². The number of nitrogens with zero attached hydrogens (tertiary/aromatic N) is 1. The Bertz CT molecular complexity index is 515. The summed E-state index contributed by atoms with van der Waals surface area (Å²) in [6.45, 7) is 0. The lowest BCUT2D eigenvalue weighted by atomic mass is 10.1. The summed E-state index contributed by atoms with van der Waals surface area (Å²) in [5.41, 5.74) is 2.82. The normalized spacial score (nSPS) is 14.6. The summed E-state index contributed by atoms with van der Waals surface area (Å²) in [6, 6.07) is 7.27. The van der Waals surface area contributed by atoms with Gasteiger partial charge in [-0.1, -0.05) is 0 Å². The Kier molecular flexibility index (Phi) is 2.65. The quantitative estimate of drug-likeness (QED) is 0.777. The highest BCUT2D eigenvalue weighted by Gasteiger charge is 2.23. The molecule has 0 atom stereocenters. The van der Waals surface area contributed by atoms with Crippen molar-refractivity contribution in [3.8, 4) is 5.75 Å². The second-order valence-corrected chi connectivity index (χ2v) is 4.76. The van der Waals surface area contributed by atoms with Gasteiger partial charge in [-0.05, 0) is 37.1 Å². The van der Waals surface area contributed by atoms with Crippen LogP contribution in [-0.2, 0) is 0 Å². The van der Waals surface area contributed by atoms with E-state index in [4.69, 9.17) is 4.74 Å². The molecule has 17 heavy (non-hydrogen) atoms. The van der Waals surface area contributed by atoms with E-state index in [0.717, 1.165) is 18.6 Å². The Hall–Kier alpha value is -1.68. The fourth-order valence-corrected chi connectivity index (χ4v) is 2.07. The molecular formula is C13H11NO2S. The summed E-state index contributed by atoms with van der Waals surface area (Å²) >= 11 is 1.43. The number of ether oxygens (including phenoxy) is 1. The van der Waals surface area contributed by atoms with Crippen LogP contribution in [-0.4, -0.2) is 16.9 Å². The van der Waals surface area contributed by atoms with Crippen LogP contribution in [0, 0.1) is 0 Å². The smallest absolute Gasteiger partial charge is 0.212 e. The van der Waals surface area contributed by atoms with Gasteiger partial charge in [-0.3, -0.25) is 4.79 Å². The molecule has 0 radical (unpaired) electrons. The van der Waals surface area contributed by atoms with Crippen LogP contribution in [0.3, 0.4) is 0 Å². The third-order valence-corrected chi connectivity index (χ3v) is 3.20. The fraction of sp³-hybridized carbons (Fsp3) is 0.231. The molecule has 0 unspecified atom stereocenters. The average molecular weight is 245 g/mol. The van der Waals surface area contributed by atoms with E-state index in [1.165, 1.54) is 11.3 Å². The minimum Gasteiger partial charge on any atom is -0.490 e. The number of ketones is 1. The minimum atomic E-state index is -0.0378. The van der Waals surface area contributed by atoms with Gasteiger partial charge >= 0.3 is 0 Å². The van der Waals surface area contributed by atoms with Crippen LogP contribution in [0.1, 0.15) is 28.9 Å². The van der Waals surface area contributed by atoms with Gasteiger partial charge in [0.2, 0.25) is 5.78 Å². The number of carbonyl (C=O) groups is 1. The topological polar surface area (TPSA) is 39.2 Å². The van der Waals surface area contributed by atoms with Crippen LogP contribution < -0.4 is 4.74 Å². The second kappa shape index (κ2) is 4.30. The van der Waals surface area contributed by atoms with Crippen molar-refractivity contribution in [2.45, 2.75) is 18.9 Å². The molecule has 1 fully saturated rings. The van der Waals surface area contributed by atoms with Gasteiger partial charge in [0, 0.05) is 10.9 Å². The summed E-state index contributed by atoms with van der Waals surface area (Å²) in [6.07, 6.45) is 2.66. The minimum absolute atomic E-state index is 0.0378. The molecule has 3 rings (SSSR count). The molecule has 1 aliphatic rings. The van der Waals surface area contributed by atoms with Gasteiger partial charge in [-0.15, -0.1) is 11.3 Å². The molecule has 1 saturated carbocycles. The summed E-state index contributed by atoms with van der Waals surface area (Å²) in [7, 11) is 0. The molecule has 4 heteroatoms. The van der Waals surface area contributed by atoms with Gasteiger partial charge in [0.25, 0.3) is 0 Å². The molecular weight excluding hydrogens is 234 g/mol. The number of hydrogen-bond donors (Lipinski definition) is 0. The van der Waals surface area contributed by atoms with E-state index in [0.29, 0.717) is 17.4 Å². The number of thiazole rings is 1. The first-order chi connectivity index (χ1) is 8.33. The maximum atomic E-state index is 12.0. The molecule has 3 nitrogen and oxygen atoms in total. The molecule has 0 bridgehead atoms. The van der Waals surface area contributed by atoms with Gasteiger partial charge in [0.15, 0.2) is 0 Å². The van der Waals surface area contributed by atoms with E-state index in [-0.39, 0.29) is 5.78 Å². The molecule has 0 amide bonds. The predicted octanol–water partition coefficient (Wildman–Crippen LogP) is 2.92. The monoisotopic (exact) mass is 245 g/mol. The van der Waals surface area contributed by atoms with Gasteiger partial charge in [-0.25, -0.2) is 4.98 Å². The first-order valence-electron chi connectivity index (χ1n) is 5.52. The zero-order chi connectivity index (χ0) is 11.7. The zero-order valence-corrected chi connectivity index (χ0v) is 9.94. The molecule has 0 saturated heterocycles. The van der Waals surface area contributed by atoms with Crippen molar-refractivity contribution in [1.29, 1.82) is 0 Å². The van der Waals surface area contributed by atoms with E-state index in [2.05, 4.69) is 4.98 Å². The van der Waals surface area contributed by atoms with Crippen molar-refractivity contribution in [3.05, 3.63) is 46.4 Å². The Morgan fingerprint density at radius 1 is 1.29 bits per heavy atom. The zero-order valence-electron chi connectivity index (χ0n) is 9.13. The third kappa shape index (κ3) is 2.36. The molecule has 2 aromatic rings. The fourth-order valence-electron chi connectivity index (χ4n) is 1.54. The average Bonchev–Trinajstić information content (AvgIpc) is 3.00. The Morgan fingerprint density at radius 3 is 2.65 bits per heavy atom. The molecule has 86 valence electrons. The van der Waals surface area contributed by atoms with E-state index < -0.39 is 0 Å². The first-order valence-corrected chi connectivity index (χ1v) is 6.47. The van der Waals surface area contributed by atoms with E-state index >= 15 is 0 Å². The molecule has 1 aliphatic carbocycles. The summed E-state index contributed by atoms with van der Waals surface area (Å²) in [5, 5.41) is 1.76. The standard InChI is InChI=1S/C13H11NO2S/c15-13(12-7-17-8-14-12)9-1-3-10(4-2-9)16-11-5-6-11/h1-4,7-8,11H,5-6H2. The van der Waals surface area contributed by atoms with Crippen molar-refractivity contribution in [1.82, 2.24) is 4.98 Å². The van der Waals surface area contributed by atoms with Crippen molar-refractivity contribution in [2.24, 2.45) is 0 Å². The van der Waals surface area contributed by atoms with Crippen molar-refractivity contribution >= 4 is 17.1 Å². The Balaban J connectivity index is 1.77. The third-order valence-electron chi connectivity index (χ3n) is 2.61. The Morgan fingerprint density at radius 2 is 2.06 bits per heavy atom. The summed E-state index contributed by atoms with van der Waals surface area (Å²) in [4.78, 5) is 16.0. The van der Waals surface area contributed by atoms with Crippen LogP contribution in [0.15, 0.2) is 35.2 Å². The second-order valence-electron chi connectivity index (χ2n) is 4.04. The van der Waals surface area contributed by atoms with Crippen LogP contribution in [0.4, 0.5) is 0 Å². The lowest BCUT2D eigenvalue weighted by molar-refractivity contribution is 0.103.